The van der Waals surface area contributed by atoms with Crippen molar-refractivity contribution in [3.63, 3.8) is 0 Å². The minimum atomic E-state index is -0.107. The third-order valence-corrected chi connectivity index (χ3v) is 6.75. The molecule has 2 atom stereocenters. The lowest BCUT2D eigenvalue weighted by Gasteiger charge is -2.47. The van der Waals surface area contributed by atoms with Crippen LogP contribution in [0.25, 0.3) is 5.52 Å². The summed E-state index contributed by atoms with van der Waals surface area (Å²) in [7, 11) is 0. The standard InChI is InChI=1S/C20H25ClN4O2/c1-2-27-19(26)16-12-5-7-13(8-6-12)17(16)22-18-15-10-9-14(11-3-4-11)25(15)24-20(21)23-18/h9-13,16-17H,2-8H2,1H3,(H,22,23,24)/t12?,13?,16-,17-/m0/s1. The van der Waals surface area contributed by atoms with Crippen molar-refractivity contribution in [3.05, 3.63) is 23.1 Å². The van der Waals surface area contributed by atoms with Crippen LogP contribution in [-0.2, 0) is 9.53 Å². The van der Waals surface area contributed by atoms with E-state index in [4.69, 9.17) is 16.3 Å². The molecule has 4 aliphatic rings. The summed E-state index contributed by atoms with van der Waals surface area (Å²) >= 11 is 6.25. The molecule has 0 unspecified atom stereocenters. The van der Waals surface area contributed by atoms with Gasteiger partial charge in [-0.3, -0.25) is 4.79 Å². The molecule has 4 aliphatic carbocycles. The number of hydrogen-bond acceptors (Lipinski definition) is 5. The van der Waals surface area contributed by atoms with Gasteiger partial charge in [0.1, 0.15) is 5.52 Å². The van der Waals surface area contributed by atoms with Crippen molar-refractivity contribution >= 4 is 28.9 Å². The second-order valence-corrected chi connectivity index (χ2v) is 8.52. The fraction of sp³-hybridized carbons (Fsp3) is 0.650. The molecule has 1 N–H and O–H groups in total. The van der Waals surface area contributed by atoms with Crippen LogP contribution in [0, 0.1) is 17.8 Å². The fourth-order valence-electron chi connectivity index (χ4n) is 5.18. The number of anilines is 1. The lowest BCUT2D eigenvalue weighted by Crippen LogP contribution is -2.52. The zero-order valence-corrected chi connectivity index (χ0v) is 16.3. The van der Waals surface area contributed by atoms with Crippen molar-refractivity contribution in [2.75, 3.05) is 11.9 Å². The van der Waals surface area contributed by atoms with E-state index in [1.807, 2.05) is 11.4 Å². The van der Waals surface area contributed by atoms with E-state index < -0.39 is 0 Å². The predicted molar refractivity (Wildman–Crippen MR) is 103 cm³/mol. The van der Waals surface area contributed by atoms with Crippen LogP contribution in [0.3, 0.4) is 0 Å². The molecule has 0 spiro atoms. The molecule has 0 saturated heterocycles. The van der Waals surface area contributed by atoms with E-state index in [1.165, 1.54) is 18.5 Å². The average molecular weight is 389 g/mol. The van der Waals surface area contributed by atoms with Gasteiger partial charge in [-0.1, -0.05) is 0 Å². The van der Waals surface area contributed by atoms with Gasteiger partial charge in [0.25, 0.3) is 0 Å². The Morgan fingerprint density at radius 2 is 1.96 bits per heavy atom. The van der Waals surface area contributed by atoms with Gasteiger partial charge in [-0.25, -0.2) is 4.52 Å². The SMILES string of the molecule is CCOC(=O)[C@H]1C2CCC(CC2)[C@@H]1Nc1nc(Cl)nn2c(C3CC3)ccc12. The van der Waals surface area contributed by atoms with Crippen molar-refractivity contribution in [2.45, 2.75) is 57.4 Å². The zero-order valence-electron chi connectivity index (χ0n) is 15.5. The molecule has 4 saturated carbocycles. The van der Waals surface area contributed by atoms with E-state index in [0.717, 1.165) is 37.0 Å². The topological polar surface area (TPSA) is 68.5 Å². The van der Waals surface area contributed by atoms with Gasteiger partial charge in [-0.2, -0.15) is 4.98 Å². The van der Waals surface area contributed by atoms with Gasteiger partial charge in [-0.05, 0) is 81.0 Å². The summed E-state index contributed by atoms with van der Waals surface area (Å²) in [6, 6.07) is 4.23. The molecule has 0 radical (unpaired) electrons. The van der Waals surface area contributed by atoms with Crippen LogP contribution in [0.1, 0.15) is 57.1 Å². The third-order valence-electron chi connectivity index (χ3n) is 6.59. The lowest BCUT2D eigenvalue weighted by molar-refractivity contribution is -0.154. The number of nitrogens with one attached hydrogen (secondary N) is 1. The number of ether oxygens (including phenoxy) is 1. The number of hydrogen-bond donors (Lipinski definition) is 1. The monoisotopic (exact) mass is 388 g/mol. The number of nitrogens with zero attached hydrogens (tertiary/aromatic N) is 3. The normalized spacial score (nSPS) is 29.9. The smallest absolute Gasteiger partial charge is 0.311 e. The average Bonchev–Trinajstić information content (AvgIpc) is 3.42. The Bertz CT molecular complexity index is 870. The lowest BCUT2D eigenvalue weighted by atomic mass is 9.61. The minimum absolute atomic E-state index is 0.0468. The number of esters is 1. The predicted octanol–water partition coefficient (Wildman–Crippen LogP) is 4.04. The quantitative estimate of drug-likeness (QED) is 0.783. The third kappa shape index (κ3) is 2.98. The summed E-state index contributed by atoms with van der Waals surface area (Å²) < 4.78 is 7.34. The first kappa shape index (κ1) is 17.3. The van der Waals surface area contributed by atoms with E-state index in [1.54, 1.807) is 0 Å². The van der Waals surface area contributed by atoms with E-state index in [0.29, 0.717) is 24.4 Å². The highest BCUT2D eigenvalue weighted by Gasteiger charge is 2.48. The van der Waals surface area contributed by atoms with Gasteiger partial charge in [0.15, 0.2) is 5.82 Å². The highest BCUT2D eigenvalue weighted by Crippen LogP contribution is 2.47. The molecule has 4 fully saturated rings. The van der Waals surface area contributed by atoms with E-state index in [2.05, 4.69) is 27.5 Å². The molecule has 2 aromatic rings. The van der Waals surface area contributed by atoms with Crippen LogP contribution in [0.4, 0.5) is 5.82 Å². The van der Waals surface area contributed by atoms with Gasteiger partial charge >= 0.3 is 5.97 Å². The van der Waals surface area contributed by atoms with Gasteiger partial charge in [0, 0.05) is 17.7 Å². The molecule has 2 aromatic heterocycles. The van der Waals surface area contributed by atoms with E-state index in [9.17, 15) is 4.79 Å². The second-order valence-electron chi connectivity index (χ2n) is 8.18. The van der Waals surface area contributed by atoms with Crippen LogP contribution in [-0.4, -0.2) is 33.2 Å². The summed E-state index contributed by atoms with van der Waals surface area (Å²) in [6.07, 6.45) is 6.94. The number of fused-ring (bicyclic) bond motifs is 4. The van der Waals surface area contributed by atoms with Crippen LogP contribution in [0.2, 0.25) is 5.28 Å². The maximum Gasteiger partial charge on any atom is 0.311 e. The Morgan fingerprint density at radius 3 is 2.67 bits per heavy atom. The summed E-state index contributed by atoms with van der Waals surface area (Å²) in [5.74, 6) is 1.99. The number of carbonyl (C=O) groups excluding carboxylic acids is 1. The second kappa shape index (κ2) is 6.66. The van der Waals surface area contributed by atoms with Crippen LogP contribution in [0.15, 0.2) is 12.1 Å². The van der Waals surface area contributed by atoms with Gasteiger partial charge < -0.3 is 10.1 Å². The largest absolute Gasteiger partial charge is 0.466 e. The van der Waals surface area contributed by atoms with Crippen molar-refractivity contribution < 1.29 is 9.53 Å². The Kier molecular flexibility index (Phi) is 4.26. The van der Waals surface area contributed by atoms with Gasteiger partial charge in [0.2, 0.25) is 5.28 Å². The Morgan fingerprint density at radius 1 is 1.22 bits per heavy atom. The van der Waals surface area contributed by atoms with Crippen molar-refractivity contribution in [2.24, 2.45) is 17.8 Å². The summed E-state index contributed by atoms with van der Waals surface area (Å²) in [5, 5.41) is 8.26. The van der Waals surface area contributed by atoms with Crippen LogP contribution in [0.5, 0.6) is 0 Å². The molecule has 0 aliphatic heterocycles. The molecule has 2 heterocycles. The van der Waals surface area contributed by atoms with E-state index in [-0.39, 0.29) is 23.2 Å². The molecular weight excluding hydrogens is 364 g/mol. The highest BCUT2D eigenvalue weighted by atomic mass is 35.5. The fourth-order valence-corrected chi connectivity index (χ4v) is 5.34. The summed E-state index contributed by atoms with van der Waals surface area (Å²) in [5.41, 5.74) is 2.13. The van der Waals surface area contributed by atoms with Gasteiger partial charge in [-0.15, -0.1) is 5.10 Å². The van der Waals surface area contributed by atoms with E-state index >= 15 is 0 Å². The Hall–Kier alpha value is -1.82. The van der Waals surface area contributed by atoms with Crippen molar-refractivity contribution in [1.82, 2.24) is 14.6 Å². The summed E-state index contributed by atoms with van der Waals surface area (Å²) in [4.78, 5) is 17.2. The first-order chi connectivity index (χ1) is 13.2. The number of carbonyl (C=O) groups is 1. The molecule has 27 heavy (non-hydrogen) atoms. The first-order valence-electron chi connectivity index (χ1n) is 10.1. The maximum atomic E-state index is 12.7. The molecule has 7 heteroatoms. The summed E-state index contributed by atoms with van der Waals surface area (Å²) in [6.45, 7) is 2.29. The van der Waals surface area contributed by atoms with Crippen molar-refractivity contribution in [3.8, 4) is 0 Å². The maximum absolute atomic E-state index is 12.7. The molecule has 144 valence electrons. The number of aromatic nitrogens is 3. The highest BCUT2D eigenvalue weighted by molar-refractivity contribution is 6.28. The van der Waals surface area contributed by atoms with Crippen molar-refractivity contribution in [1.29, 1.82) is 0 Å². The molecule has 0 aromatic carbocycles. The van der Waals surface area contributed by atoms with Crippen LogP contribution >= 0.6 is 11.6 Å². The van der Waals surface area contributed by atoms with Gasteiger partial charge in [0.05, 0.1) is 12.5 Å². The first-order valence-corrected chi connectivity index (χ1v) is 10.5. The Balaban J connectivity index is 1.50. The molecule has 6 rings (SSSR count). The Labute approximate surface area is 163 Å². The molecule has 6 nitrogen and oxygen atoms in total. The molecular formula is C20H25ClN4O2. The molecule has 2 bridgehead atoms. The minimum Gasteiger partial charge on any atom is -0.466 e. The molecule has 0 amide bonds. The zero-order chi connectivity index (χ0) is 18.5. The van der Waals surface area contributed by atoms with Crippen LogP contribution < -0.4 is 5.32 Å². The number of halogens is 1. The number of rotatable bonds is 5.